The van der Waals surface area contributed by atoms with Crippen LogP contribution in [0.2, 0.25) is 0 Å². The summed E-state index contributed by atoms with van der Waals surface area (Å²) in [6, 6.07) is 8.85. The van der Waals surface area contributed by atoms with Crippen molar-refractivity contribution in [1.29, 1.82) is 0 Å². The van der Waals surface area contributed by atoms with Crippen molar-refractivity contribution in [1.82, 2.24) is 4.98 Å². The highest BCUT2D eigenvalue weighted by molar-refractivity contribution is 5.85. The van der Waals surface area contributed by atoms with Crippen molar-refractivity contribution in [2.45, 2.75) is 13.8 Å². The second-order valence-corrected chi connectivity index (χ2v) is 4.86. The molecule has 1 aromatic carbocycles. The Morgan fingerprint density at radius 1 is 1.24 bits per heavy atom. The van der Waals surface area contributed by atoms with Gasteiger partial charge in [-0.2, -0.15) is 5.10 Å². The Morgan fingerprint density at radius 2 is 2.05 bits per heavy atom. The van der Waals surface area contributed by atoms with Crippen LogP contribution in [0.4, 0.5) is 0 Å². The number of hydrogen-bond acceptors (Lipinski definition) is 5. The lowest BCUT2D eigenvalue weighted by molar-refractivity contribution is 0.473. The summed E-state index contributed by atoms with van der Waals surface area (Å²) in [5, 5.41) is 15.1. The highest BCUT2D eigenvalue weighted by Crippen LogP contribution is 2.27. The van der Waals surface area contributed by atoms with E-state index < -0.39 is 0 Å². The van der Waals surface area contributed by atoms with Gasteiger partial charge in [0.25, 0.3) is 0 Å². The smallest absolute Gasteiger partial charge is 0.140 e. The van der Waals surface area contributed by atoms with Crippen molar-refractivity contribution in [3.63, 3.8) is 0 Å². The van der Waals surface area contributed by atoms with Crippen molar-refractivity contribution in [3.05, 3.63) is 53.2 Å². The Morgan fingerprint density at radius 3 is 2.71 bits per heavy atom. The van der Waals surface area contributed by atoms with Crippen LogP contribution in [-0.2, 0) is 0 Å². The number of hydrogen-bond donors (Lipinski definition) is 2. The molecule has 0 aliphatic rings. The number of phenols is 1. The Bertz CT molecular complexity index is 883. The molecule has 0 aliphatic carbocycles. The van der Waals surface area contributed by atoms with E-state index in [1.165, 1.54) is 0 Å². The quantitative estimate of drug-likeness (QED) is 0.530. The Kier molecular flexibility index (Phi) is 3.10. The third-order valence-corrected chi connectivity index (χ3v) is 3.42. The molecule has 2 heterocycles. The predicted octanol–water partition coefficient (Wildman–Crippen LogP) is 2.59. The molecule has 0 unspecified atom stereocenters. The zero-order valence-corrected chi connectivity index (χ0v) is 11.8. The number of phenolic OH excluding ortho intramolecular Hbond substituents is 1. The summed E-state index contributed by atoms with van der Waals surface area (Å²) in [6.45, 7) is 3.71. The number of aromatic nitrogens is 1. The Hall–Kier alpha value is -2.82. The molecule has 106 valence electrons. The van der Waals surface area contributed by atoms with Gasteiger partial charge >= 0.3 is 0 Å². The normalized spacial score (nSPS) is 12.0. The average Bonchev–Trinajstić information content (AvgIpc) is 2.46. The van der Waals surface area contributed by atoms with E-state index in [2.05, 4.69) is 10.1 Å². The van der Waals surface area contributed by atoms with E-state index in [1.54, 1.807) is 18.3 Å². The molecule has 0 aliphatic heterocycles. The van der Waals surface area contributed by atoms with Gasteiger partial charge in [-0.05, 0) is 37.6 Å². The minimum Gasteiger partial charge on any atom is -0.508 e. The van der Waals surface area contributed by atoms with E-state index in [0.717, 1.165) is 22.2 Å². The van der Waals surface area contributed by atoms with E-state index in [1.807, 2.05) is 32.0 Å². The Labute approximate surface area is 121 Å². The molecule has 0 bridgehead atoms. The monoisotopic (exact) mass is 281 g/mol. The van der Waals surface area contributed by atoms with Gasteiger partial charge in [-0.1, -0.05) is 6.07 Å². The predicted molar refractivity (Wildman–Crippen MR) is 80.3 cm³/mol. The van der Waals surface area contributed by atoms with Crippen LogP contribution in [0.25, 0.3) is 22.2 Å². The molecule has 21 heavy (non-hydrogen) atoms. The van der Waals surface area contributed by atoms with Crippen LogP contribution >= 0.6 is 0 Å². The second kappa shape index (κ2) is 4.94. The second-order valence-electron chi connectivity index (χ2n) is 4.86. The molecule has 5 nitrogen and oxygen atoms in total. The van der Waals surface area contributed by atoms with E-state index >= 15 is 0 Å². The van der Waals surface area contributed by atoms with Crippen molar-refractivity contribution in [2.24, 2.45) is 10.9 Å². The van der Waals surface area contributed by atoms with Gasteiger partial charge in [0, 0.05) is 17.6 Å². The highest BCUT2D eigenvalue weighted by atomic mass is 16.3. The lowest BCUT2D eigenvalue weighted by Gasteiger charge is -2.10. The topological polar surface area (TPSA) is 84.6 Å². The molecule has 2 aromatic heterocycles. The molecular formula is C16H15N3O2. The van der Waals surface area contributed by atoms with Gasteiger partial charge < -0.3 is 15.4 Å². The molecule has 0 saturated heterocycles. The van der Waals surface area contributed by atoms with Crippen molar-refractivity contribution < 1.29 is 9.52 Å². The number of fused-ring (bicyclic) bond motifs is 1. The zero-order valence-electron chi connectivity index (χ0n) is 11.8. The fraction of sp³-hybridized carbons (Fsp3) is 0.125. The van der Waals surface area contributed by atoms with Crippen LogP contribution in [0.15, 0.2) is 46.0 Å². The number of rotatable bonds is 1. The molecular weight excluding hydrogens is 266 g/mol. The SMILES string of the molecule is Cc1oc2cc(O)cc(C)c2c(=NN)c1-c1ccccn1. The van der Waals surface area contributed by atoms with Gasteiger partial charge in [-0.15, -0.1) is 0 Å². The first-order chi connectivity index (χ1) is 10.1. The molecule has 0 atom stereocenters. The fourth-order valence-corrected chi connectivity index (χ4v) is 2.57. The average molecular weight is 281 g/mol. The number of nitrogens with zero attached hydrogens (tertiary/aromatic N) is 2. The summed E-state index contributed by atoms with van der Waals surface area (Å²) >= 11 is 0. The maximum Gasteiger partial charge on any atom is 0.140 e. The molecule has 3 rings (SSSR count). The molecule has 0 spiro atoms. The van der Waals surface area contributed by atoms with Crippen LogP contribution in [0.1, 0.15) is 11.3 Å². The standard InChI is InChI=1S/C16H15N3O2/c1-9-7-11(20)8-13-14(9)16(19-17)15(10(2)21-13)12-5-3-4-6-18-12/h3-8,20H,17H2,1-2H3. The van der Waals surface area contributed by atoms with Gasteiger partial charge in [0.2, 0.25) is 0 Å². The molecule has 3 N–H and O–H groups in total. The lowest BCUT2D eigenvalue weighted by atomic mass is 10.0. The summed E-state index contributed by atoms with van der Waals surface area (Å²) < 4.78 is 5.84. The Balaban J connectivity index is 2.51. The molecule has 3 aromatic rings. The number of benzene rings is 1. The van der Waals surface area contributed by atoms with Gasteiger partial charge in [-0.25, -0.2) is 0 Å². The van der Waals surface area contributed by atoms with Gasteiger partial charge in [0.05, 0.1) is 11.3 Å². The van der Waals surface area contributed by atoms with Crippen LogP contribution in [-0.4, -0.2) is 10.1 Å². The summed E-state index contributed by atoms with van der Waals surface area (Å²) in [6.07, 6.45) is 1.71. The summed E-state index contributed by atoms with van der Waals surface area (Å²) in [7, 11) is 0. The number of pyridine rings is 1. The first kappa shape index (κ1) is 13.2. The minimum atomic E-state index is 0.150. The maximum atomic E-state index is 9.72. The van der Waals surface area contributed by atoms with E-state index in [0.29, 0.717) is 16.7 Å². The highest BCUT2D eigenvalue weighted by Gasteiger charge is 2.15. The van der Waals surface area contributed by atoms with E-state index in [9.17, 15) is 5.11 Å². The lowest BCUT2D eigenvalue weighted by Crippen LogP contribution is -2.14. The summed E-state index contributed by atoms with van der Waals surface area (Å²) in [5.74, 6) is 6.42. The summed E-state index contributed by atoms with van der Waals surface area (Å²) in [5.41, 5.74) is 2.90. The van der Waals surface area contributed by atoms with Crippen molar-refractivity contribution in [2.75, 3.05) is 0 Å². The van der Waals surface area contributed by atoms with Crippen LogP contribution in [0.3, 0.4) is 0 Å². The van der Waals surface area contributed by atoms with Crippen LogP contribution in [0, 0.1) is 13.8 Å². The van der Waals surface area contributed by atoms with Crippen molar-refractivity contribution >= 4 is 11.0 Å². The number of aromatic hydroxyl groups is 1. The summed E-state index contributed by atoms with van der Waals surface area (Å²) in [4.78, 5) is 4.35. The zero-order chi connectivity index (χ0) is 15.0. The van der Waals surface area contributed by atoms with Gasteiger partial charge in [0.15, 0.2) is 0 Å². The molecule has 5 heteroatoms. The van der Waals surface area contributed by atoms with Crippen molar-refractivity contribution in [3.8, 4) is 17.0 Å². The third-order valence-electron chi connectivity index (χ3n) is 3.42. The van der Waals surface area contributed by atoms with E-state index in [-0.39, 0.29) is 5.75 Å². The number of aryl methyl sites for hydroxylation is 2. The van der Waals surface area contributed by atoms with Crippen LogP contribution < -0.4 is 11.2 Å². The molecule has 0 radical (unpaired) electrons. The van der Waals surface area contributed by atoms with E-state index in [4.69, 9.17) is 10.3 Å². The minimum absolute atomic E-state index is 0.150. The molecule has 0 amide bonds. The first-order valence-corrected chi connectivity index (χ1v) is 6.54. The van der Waals surface area contributed by atoms with Gasteiger partial charge in [0.1, 0.15) is 22.5 Å². The van der Waals surface area contributed by atoms with Crippen LogP contribution in [0.5, 0.6) is 5.75 Å². The number of nitrogens with two attached hydrogens (primary N) is 1. The third kappa shape index (κ3) is 2.12. The first-order valence-electron chi connectivity index (χ1n) is 6.54. The molecule has 0 saturated carbocycles. The maximum absolute atomic E-state index is 9.72. The largest absolute Gasteiger partial charge is 0.508 e. The fourth-order valence-electron chi connectivity index (χ4n) is 2.57. The molecule has 0 fully saturated rings. The van der Waals surface area contributed by atoms with Gasteiger partial charge in [-0.3, -0.25) is 4.98 Å².